The maximum atomic E-state index is 7.86. The Kier molecular flexibility index (Phi) is 1.30. The molecule has 0 heterocycles. The summed E-state index contributed by atoms with van der Waals surface area (Å²) in [6.45, 7) is 0. The molecule has 0 aliphatic rings. The molecular formula is CH4O2S2. The fourth-order valence-electron chi connectivity index (χ4n) is 0. The van der Waals surface area contributed by atoms with Crippen molar-refractivity contribution in [3.8, 4) is 0 Å². The Labute approximate surface area is 35.6 Å². The molecule has 0 aliphatic heterocycles. The first-order valence-electron chi connectivity index (χ1n) is 0.820. The third-order valence-electron chi connectivity index (χ3n) is 0. The lowest BCUT2D eigenvalue weighted by atomic mass is 12.0. The van der Waals surface area contributed by atoms with Gasteiger partial charge in [-0.15, -0.1) is 0 Å². The molecule has 0 saturated heterocycles. The van der Waals surface area contributed by atoms with Gasteiger partial charge in [-0.25, -0.2) is 0 Å². The van der Waals surface area contributed by atoms with E-state index in [0.717, 1.165) is 0 Å². The van der Waals surface area contributed by atoms with Crippen molar-refractivity contribution in [2.75, 3.05) is 0 Å². The van der Waals surface area contributed by atoms with E-state index < -0.39 is 8.74 Å². The van der Waals surface area contributed by atoms with Crippen LogP contribution in [0.4, 0.5) is 0 Å². The average Bonchev–Trinajstić information content (AvgIpc) is 0.722. The Balaban J connectivity index is 4.06. The average molecular weight is 112 g/mol. The van der Waals surface area contributed by atoms with Crippen molar-refractivity contribution in [3.63, 3.8) is 0 Å². The second-order valence-electron chi connectivity index (χ2n) is 0.607. The SMILES string of the molecule is C=S(O)(O)=S. The van der Waals surface area contributed by atoms with Crippen LogP contribution in [0.1, 0.15) is 0 Å². The minimum absolute atomic E-state index is 2.78. The van der Waals surface area contributed by atoms with Gasteiger partial charge in [0.15, 0.2) is 0 Å². The predicted octanol–water partition coefficient (Wildman–Crippen LogP) is -0.0197. The van der Waals surface area contributed by atoms with E-state index in [9.17, 15) is 0 Å². The Morgan fingerprint density at radius 1 is 1.60 bits per heavy atom. The van der Waals surface area contributed by atoms with E-state index in [1.165, 1.54) is 0 Å². The van der Waals surface area contributed by atoms with Gasteiger partial charge in [-0.1, -0.05) is 0 Å². The quantitative estimate of drug-likeness (QED) is 0.433. The van der Waals surface area contributed by atoms with Gasteiger partial charge >= 0.3 is 0 Å². The van der Waals surface area contributed by atoms with Gasteiger partial charge in [0.1, 0.15) is 0 Å². The van der Waals surface area contributed by atoms with Crippen molar-refractivity contribution in [3.05, 3.63) is 0 Å². The molecule has 0 amide bonds. The molecule has 0 fully saturated rings. The third kappa shape index (κ3) is 187. The standard InChI is InChI=1S/CH4O2S2/c1-5(2,3)4/h1H2,(H2,2,3,4). The van der Waals surface area contributed by atoms with Crippen LogP contribution >= 0.6 is 0 Å². The summed E-state index contributed by atoms with van der Waals surface area (Å²) < 4.78 is 15.7. The molecule has 0 atom stereocenters. The zero-order valence-corrected chi connectivity index (χ0v) is 4.05. The zero-order chi connectivity index (χ0) is 4.50. The Morgan fingerprint density at radius 3 is 1.60 bits per heavy atom. The summed E-state index contributed by atoms with van der Waals surface area (Å²) in [5.41, 5.74) is 0. The summed E-state index contributed by atoms with van der Waals surface area (Å²) >= 11 is 3.91. The molecule has 5 heavy (non-hydrogen) atoms. The maximum Gasteiger partial charge on any atom is 0.0620 e. The highest BCUT2D eigenvalue weighted by atomic mass is 32.8. The van der Waals surface area contributed by atoms with Crippen LogP contribution in [0.3, 0.4) is 0 Å². The minimum Gasteiger partial charge on any atom is -0.314 e. The molecular weight excluding hydrogens is 108 g/mol. The van der Waals surface area contributed by atoms with Crippen molar-refractivity contribution < 1.29 is 9.11 Å². The van der Waals surface area contributed by atoms with E-state index >= 15 is 0 Å². The number of hydrogen-bond donors (Lipinski definition) is 2. The Hall–Kier alpha value is 0.360. The zero-order valence-electron chi connectivity index (χ0n) is 2.42. The van der Waals surface area contributed by atoms with Crippen LogP contribution in [-0.2, 0) is 19.9 Å². The lowest BCUT2D eigenvalue weighted by molar-refractivity contribution is 0.524. The predicted molar refractivity (Wildman–Crippen MR) is 27.1 cm³/mol. The Bertz CT molecular complexity index is 90.8. The first-order valence-corrected chi connectivity index (χ1v) is 3.46. The summed E-state index contributed by atoms with van der Waals surface area (Å²) in [7, 11) is -2.83. The molecule has 2 N–H and O–H groups in total. The molecule has 0 aromatic carbocycles. The maximum absolute atomic E-state index is 7.86. The van der Waals surface area contributed by atoms with E-state index in [4.69, 9.17) is 9.11 Å². The van der Waals surface area contributed by atoms with E-state index in [1.54, 1.807) is 0 Å². The lowest BCUT2D eigenvalue weighted by Gasteiger charge is -1.82. The summed E-state index contributed by atoms with van der Waals surface area (Å²) in [5, 5.41) is 0. The van der Waals surface area contributed by atoms with Crippen LogP contribution in [0.15, 0.2) is 0 Å². The second-order valence-corrected chi connectivity index (χ2v) is 3.42. The summed E-state index contributed by atoms with van der Waals surface area (Å²) in [6, 6.07) is 0. The van der Waals surface area contributed by atoms with Crippen LogP contribution in [0, 0.1) is 0 Å². The molecule has 0 bridgehead atoms. The van der Waals surface area contributed by atoms with Crippen LogP contribution in [0.2, 0.25) is 0 Å². The normalized spacial score (nSPS) is 11.6. The first-order chi connectivity index (χ1) is 2.00. The third-order valence-corrected chi connectivity index (χ3v) is 0. The van der Waals surface area contributed by atoms with Crippen molar-refractivity contribution in [1.29, 1.82) is 0 Å². The lowest BCUT2D eigenvalue weighted by Crippen LogP contribution is -1.86. The van der Waals surface area contributed by atoms with Crippen LogP contribution in [-0.4, -0.2) is 15.0 Å². The van der Waals surface area contributed by atoms with Gasteiger partial charge in [0.05, 0.1) is 8.74 Å². The van der Waals surface area contributed by atoms with Gasteiger partial charge in [-0.2, -0.15) is 0 Å². The molecule has 32 valence electrons. The largest absolute Gasteiger partial charge is 0.314 e. The monoisotopic (exact) mass is 112 g/mol. The van der Waals surface area contributed by atoms with E-state index in [-0.39, 0.29) is 0 Å². The number of rotatable bonds is 0. The van der Waals surface area contributed by atoms with Gasteiger partial charge in [0, 0.05) is 0 Å². The van der Waals surface area contributed by atoms with Crippen molar-refractivity contribution in [2.24, 2.45) is 0 Å². The summed E-state index contributed by atoms with van der Waals surface area (Å²) in [6.07, 6.45) is 0. The van der Waals surface area contributed by atoms with Crippen LogP contribution in [0.5, 0.6) is 0 Å². The van der Waals surface area contributed by atoms with Gasteiger partial charge in [0.2, 0.25) is 0 Å². The minimum atomic E-state index is -2.83. The molecule has 0 rings (SSSR count). The molecule has 4 heteroatoms. The molecule has 0 radical (unpaired) electrons. The summed E-state index contributed by atoms with van der Waals surface area (Å²) in [4.78, 5) is 0. The highest BCUT2D eigenvalue weighted by Crippen LogP contribution is 1.62. The summed E-state index contributed by atoms with van der Waals surface area (Å²) in [5.74, 6) is 2.78. The molecule has 0 aromatic heterocycles. The van der Waals surface area contributed by atoms with Crippen LogP contribution in [0.25, 0.3) is 0 Å². The molecule has 0 unspecified atom stereocenters. The van der Waals surface area contributed by atoms with E-state index in [0.29, 0.717) is 0 Å². The van der Waals surface area contributed by atoms with Crippen molar-refractivity contribution in [1.82, 2.24) is 0 Å². The topological polar surface area (TPSA) is 40.5 Å². The van der Waals surface area contributed by atoms with Crippen molar-refractivity contribution >= 4 is 25.8 Å². The highest BCUT2D eigenvalue weighted by Gasteiger charge is 1.67. The molecule has 0 aromatic rings. The Morgan fingerprint density at radius 2 is 1.60 bits per heavy atom. The first kappa shape index (κ1) is 5.36. The van der Waals surface area contributed by atoms with Crippen LogP contribution < -0.4 is 0 Å². The second kappa shape index (κ2) is 1.22. The number of hydrogen-bond acceptors (Lipinski definition) is 1. The molecule has 0 spiro atoms. The fraction of sp³-hybridized carbons (Fsp3) is 0. The molecule has 2 nitrogen and oxygen atoms in total. The smallest absolute Gasteiger partial charge is 0.0620 e. The molecule has 0 aliphatic carbocycles. The van der Waals surface area contributed by atoms with Gasteiger partial charge in [-0.3, -0.25) is 0 Å². The van der Waals surface area contributed by atoms with Gasteiger partial charge in [-0.05, 0) is 17.1 Å². The van der Waals surface area contributed by atoms with Gasteiger partial charge < -0.3 is 9.11 Å². The van der Waals surface area contributed by atoms with Crippen molar-refractivity contribution in [2.45, 2.75) is 0 Å². The van der Waals surface area contributed by atoms with Gasteiger partial charge in [0.25, 0.3) is 0 Å². The van der Waals surface area contributed by atoms with E-state index in [1.807, 2.05) is 0 Å². The van der Waals surface area contributed by atoms with E-state index in [2.05, 4.69) is 17.1 Å². The molecule has 0 saturated carbocycles. The fourth-order valence-corrected chi connectivity index (χ4v) is 0. The highest BCUT2D eigenvalue weighted by molar-refractivity contribution is 8.31.